The lowest BCUT2D eigenvalue weighted by Gasteiger charge is -2.27. The van der Waals surface area contributed by atoms with Gasteiger partial charge in [-0.1, -0.05) is 35.9 Å². The van der Waals surface area contributed by atoms with Crippen molar-refractivity contribution in [3.05, 3.63) is 45.7 Å². The molecule has 1 aliphatic heterocycles. The Kier molecular flexibility index (Phi) is 9.40. The lowest BCUT2D eigenvalue weighted by molar-refractivity contribution is -0.137. The Labute approximate surface area is 219 Å². The third-order valence-electron chi connectivity index (χ3n) is 5.88. The van der Waals surface area contributed by atoms with Crippen LogP contribution >= 0.6 is 24.2 Å². The Morgan fingerprint density at radius 1 is 1.17 bits per heavy atom. The fourth-order valence-electron chi connectivity index (χ4n) is 4.10. The molecule has 3 aromatic rings. The van der Waals surface area contributed by atoms with E-state index in [9.17, 15) is 14.9 Å². The van der Waals surface area contributed by atoms with Crippen LogP contribution in [0.25, 0.3) is 11.2 Å². The van der Waals surface area contributed by atoms with Crippen LogP contribution in [0.3, 0.4) is 0 Å². The molecule has 0 unspecified atom stereocenters. The van der Waals surface area contributed by atoms with Gasteiger partial charge in [-0.15, -0.1) is 18.3 Å². The summed E-state index contributed by atoms with van der Waals surface area (Å²) in [5.74, 6) is 6.22. The van der Waals surface area contributed by atoms with Crippen LogP contribution in [-0.2, 0) is 22.6 Å². The van der Waals surface area contributed by atoms with Crippen LogP contribution < -0.4 is 10.5 Å². The van der Waals surface area contributed by atoms with E-state index >= 15 is 0 Å². The molecule has 0 spiro atoms. The van der Waals surface area contributed by atoms with Crippen molar-refractivity contribution < 1.29 is 9.53 Å². The van der Waals surface area contributed by atoms with E-state index in [4.69, 9.17) is 14.7 Å². The molecule has 0 amide bonds. The first-order valence-corrected chi connectivity index (χ1v) is 12.4. The Hall–Kier alpha value is -3.47. The number of hydrogen-bond donors (Lipinski definition) is 0. The number of aromatic nitrogens is 4. The maximum Gasteiger partial charge on any atom is 0.316 e. The number of ether oxygens (including phenoxy) is 1. The zero-order chi connectivity index (χ0) is 24.8. The third-order valence-corrected chi connectivity index (χ3v) is 6.83. The molecular weight excluding hydrogens is 500 g/mol. The van der Waals surface area contributed by atoms with Crippen molar-refractivity contribution in [2.75, 3.05) is 30.9 Å². The summed E-state index contributed by atoms with van der Waals surface area (Å²) in [5.41, 5.74) is 1.57. The molecule has 36 heavy (non-hydrogen) atoms. The van der Waals surface area contributed by atoms with Crippen LogP contribution in [0, 0.1) is 23.2 Å². The van der Waals surface area contributed by atoms with Crippen LogP contribution in [0.5, 0.6) is 0 Å². The summed E-state index contributed by atoms with van der Waals surface area (Å²) < 4.78 is 8.12. The average Bonchev–Trinajstić information content (AvgIpc) is 3.27. The number of thioether (sulfide) groups is 1. The summed E-state index contributed by atoms with van der Waals surface area (Å²) in [4.78, 5) is 37.4. The number of benzene rings is 1. The zero-order valence-corrected chi connectivity index (χ0v) is 21.8. The predicted molar refractivity (Wildman–Crippen MR) is 142 cm³/mol. The van der Waals surface area contributed by atoms with Crippen molar-refractivity contribution in [1.82, 2.24) is 19.1 Å². The van der Waals surface area contributed by atoms with Crippen LogP contribution in [0.2, 0.25) is 0 Å². The number of halogens is 1. The minimum atomic E-state index is -0.425. The maximum absolute atomic E-state index is 13.9. The highest BCUT2D eigenvalue weighted by molar-refractivity contribution is 7.99. The number of imidazole rings is 1. The Morgan fingerprint density at radius 2 is 1.92 bits per heavy atom. The topological polar surface area (TPSA) is 106 Å². The molecule has 3 heterocycles. The lowest BCUT2D eigenvalue weighted by atomic mass is 10.1. The molecular formula is C25H27ClN6O3S. The van der Waals surface area contributed by atoms with Crippen molar-refractivity contribution >= 4 is 47.3 Å². The van der Waals surface area contributed by atoms with Crippen molar-refractivity contribution in [3.8, 4) is 17.9 Å². The number of esters is 1. The van der Waals surface area contributed by atoms with E-state index in [1.165, 1.54) is 18.1 Å². The summed E-state index contributed by atoms with van der Waals surface area (Å²) in [7, 11) is 1.32. The van der Waals surface area contributed by atoms with E-state index in [0.717, 1.165) is 37.7 Å². The summed E-state index contributed by atoms with van der Waals surface area (Å²) in [6.07, 6.45) is 3.29. The van der Waals surface area contributed by atoms with Gasteiger partial charge in [0.05, 0.1) is 37.6 Å². The normalized spacial score (nSPS) is 12.9. The number of nitrogens with zero attached hydrogens (tertiary/aromatic N) is 6. The van der Waals surface area contributed by atoms with E-state index in [0.29, 0.717) is 39.9 Å². The summed E-state index contributed by atoms with van der Waals surface area (Å²) in [6.45, 7) is 3.93. The molecule has 1 fully saturated rings. The number of carbonyl (C=O) groups excluding carboxylic acids is 1. The molecule has 4 rings (SSSR count). The SMILES string of the molecule is CC#CCn1c(N2CCCCC2)nc2nc(SCC(=O)OC)n(Cc3ccccc3C#N)c(=O)c21.Cl. The van der Waals surface area contributed by atoms with Gasteiger partial charge in [0.15, 0.2) is 16.3 Å². The lowest BCUT2D eigenvalue weighted by Crippen LogP contribution is -2.32. The van der Waals surface area contributed by atoms with Gasteiger partial charge in [0.25, 0.3) is 5.56 Å². The smallest absolute Gasteiger partial charge is 0.316 e. The van der Waals surface area contributed by atoms with Gasteiger partial charge >= 0.3 is 5.97 Å². The van der Waals surface area contributed by atoms with E-state index in [1.807, 2.05) is 16.7 Å². The van der Waals surface area contributed by atoms with Gasteiger partial charge in [-0.3, -0.25) is 18.7 Å². The molecule has 1 aromatic carbocycles. The number of carbonyl (C=O) groups is 1. The van der Waals surface area contributed by atoms with Crippen LogP contribution in [0.4, 0.5) is 5.95 Å². The van der Waals surface area contributed by atoms with E-state index < -0.39 is 5.97 Å². The molecule has 11 heteroatoms. The average molecular weight is 527 g/mol. The number of anilines is 1. The molecule has 0 N–H and O–H groups in total. The van der Waals surface area contributed by atoms with E-state index in [-0.39, 0.29) is 30.3 Å². The monoisotopic (exact) mass is 526 g/mol. The molecule has 2 aromatic heterocycles. The third kappa shape index (κ3) is 5.67. The van der Waals surface area contributed by atoms with Gasteiger partial charge in [-0.05, 0) is 37.8 Å². The molecule has 188 valence electrons. The molecule has 0 saturated carbocycles. The molecule has 0 bridgehead atoms. The number of methoxy groups -OCH3 is 1. The van der Waals surface area contributed by atoms with Crippen molar-refractivity contribution in [3.63, 3.8) is 0 Å². The highest BCUT2D eigenvalue weighted by Gasteiger charge is 2.24. The first-order valence-electron chi connectivity index (χ1n) is 11.4. The second kappa shape index (κ2) is 12.5. The number of nitriles is 1. The summed E-state index contributed by atoms with van der Waals surface area (Å²) in [5, 5.41) is 9.89. The summed E-state index contributed by atoms with van der Waals surface area (Å²) >= 11 is 1.11. The Balaban J connectivity index is 0.00000361. The van der Waals surface area contributed by atoms with Gasteiger partial charge in [-0.25, -0.2) is 4.98 Å². The van der Waals surface area contributed by atoms with E-state index in [1.54, 1.807) is 19.1 Å². The quantitative estimate of drug-likeness (QED) is 0.200. The standard InChI is InChI=1S/C25H26N6O3S.ClH/c1-3-4-14-30-21-22(27-24(30)29-12-8-5-9-13-29)28-25(35-17-20(32)34-2)31(23(21)33)16-19-11-7-6-10-18(19)15-26;/h6-7,10-11H,5,8-9,12-14,16-17H2,1-2H3;1H. The number of piperidine rings is 1. The second-order valence-electron chi connectivity index (χ2n) is 8.06. The number of rotatable bonds is 7. The highest BCUT2D eigenvalue weighted by Crippen LogP contribution is 2.25. The molecule has 9 nitrogen and oxygen atoms in total. The minimum absolute atomic E-state index is 0. The van der Waals surface area contributed by atoms with Gasteiger partial charge < -0.3 is 9.64 Å². The van der Waals surface area contributed by atoms with Crippen molar-refractivity contribution in [1.29, 1.82) is 5.26 Å². The molecule has 0 radical (unpaired) electrons. The first-order chi connectivity index (χ1) is 17.1. The first kappa shape index (κ1) is 27.1. The summed E-state index contributed by atoms with van der Waals surface area (Å²) in [6, 6.07) is 9.30. The van der Waals surface area contributed by atoms with Gasteiger partial charge in [0.2, 0.25) is 5.95 Å². The number of fused-ring (bicyclic) bond motifs is 1. The van der Waals surface area contributed by atoms with Gasteiger partial charge in [0, 0.05) is 13.1 Å². The van der Waals surface area contributed by atoms with Crippen LogP contribution in [0.1, 0.15) is 37.3 Å². The van der Waals surface area contributed by atoms with Crippen molar-refractivity contribution in [2.45, 2.75) is 44.4 Å². The second-order valence-corrected chi connectivity index (χ2v) is 9.01. The molecule has 1 saturated heterocycles. The Morgan fingerprint density at radius 3 is 2.61 bits per heavy atom. The minimum Gasteiger partial charge on any atom is -0.468 e. The van der Waals surface area contributed by atoms with Crippen LogP contribution in [-0.4, -0.2) is 51.0 Å². The van der Waals surface area contributed by atoms with Crippen LogP contribution in [0.15, 0.2) is 34.2 Å². The van der Waals surface area contributed by atoms with Gasteiger partial charge in [-0.2, -0.15) is 10.2 Å². The van der Waals surface area contributed by atoms with Gasteiger partial charge in [0.1, 0.15) is 0 Å². The largest absolute Gasteiger partial charge is 0.468 e. The Bertz CT molecular complexity index is 1410. The maximum atomic E-state index is 13.9. The fraction of sp³-hybridized carbons (Fsp3) is 0.400. The molecule has 0 aliphatic carbocycles. The van der Waals surface area contributed by atoms with Crippen molar-refractivity contribution in [2.24, 2.45) is 0 Å². The molecule has 0 atom stereocenters. The number of hydrogen-bond acceptors (Lipinski definition) is 8. The van der Waals surface area contributed by atoms with E-state index in [2.05, 4.69) is 22.8 Å². The zero-order valence-electron chi connectivity index (χ0n) is 20.2. The fourth-order valence-corrected chi connectivity index (χ4v) is 4.92. The molecule has 1 aliphatic rings. The highest BCUT2D eigenvalue weighted by atomic mass is 35.5. The predicted octanol–water partition coefficient (Wildman–Crippen LogP) is 3.21.